The van der Waals surface area contributed by atoms with E-state index in [1.54, 1.807) is 4.68 Å². The first-order valence-electron chi connectivity index (χ1n) is 7.43. The van der Waals surface area contributed by atoms with Gasteiger partial charge in [0.1, 0.15) is 0 Å². The van der Waals surface area contributed by atoms with Crippen molar-refractivity contribution in [2.24, 2.45) is 7.05 Å². The molecule has 1 aromatic heterocycles. The molecular formula is C15H24ClN3O. The standard InChI is InChI=1S/C15H24ClN3O/c1-11-14(12(2)18(3)17-11)15(20)19(10-9-16)13-7-5-4-6-8-13/h13H,4-10H2,1-3H3. The molecule has 1 aliphatic carbocycles. The van der Waals surface area contributed by atoms with Crippen LogP contribution in [0.3, 0.4) is 0 Å². The second-order valence-corrected chi connectivity index (χ2v) is 6.03. The van der Waals surface area contributed by atoms with Gasteiger partial charge in [-0.05, 0) is 26.7 Å². The molecule has 0 atom stereocenters. The van der Waals surface area contributed by atoms with Gasteiger partial charge in [-0.1, -0.05) is 19.3 Å². The van der Waals surface area contributed by atoms with Gasteiger partial charge >= 0.3 is 0 Å². The van der Waals surface area contributed by atoms with E-state index in [4.69, 9.17) is 11.6 Å². The maximum absolute atomic E-state index is 12.9. The average molecular weight is 298 g/mol. The quantitative estimate of drug-likeness (QED) is 0.801. The van der Waals surface area contributed by atoms with Crippen LogP contribution in [0.25, 0.3) is 0 Å². The number of hydrogen-bond donors (Lipinski definition) is 0. The lowest BCUT2D eigenvalue weighted by molar-refractivity contribution is 0.0648. The third-order valence-corrected chi connectivity index (χ3v) is 4.49. The Morgan fingerprint density at radius 3 is 2.50 bits per heavy atom. The summed E-state index contributed by atoms with van der Waals surface area (Å²) in [5.74, 6) is 0.585. The molecule has 0 saturated heterocycles. The highest BCUT2D eigenvalue weighted by Gasteiger charge is 2.29. The number of rotatable bonds is 4. The molecule has 1 aliphatic rings. The molecule has 20 heavy (non-hydrogen) atoms. The average Bonchev–Trinajstić information content (AvgIpc) is 2.70. The van der Waals surface area contributed by atoms with Crippen molar-refractivity contribution in [1.29, 1.82) is 0 Å². The molecule has 1 aromatic rings. The van der Waals surface area contributed by atoms with Crippen LogP contribution in [0.15, 0.2) is 0 Å². The number of aromatic nitrogens is 2. The molecule has 5 heteroatoms. The largest absolute Gasteiger partial charge is 0.334 e. The molecule has 0 spiro atoms. The highest BCUT2D eigenvalue weighted by molar-refractivity contribution is 6.18. The first-order chi connectivity index (χ1) is 9.56. The van der Waals surface area contributed by atoms with Gasteiger partial charge < -0.3 is 4.90 Å². The van der Waals surface area contributed by atoms with Crippen LogP contribution in [0.2, 0.25) is 0 Å². The smallest absolute Gasteiger partial charge is 0.257 e. The zero-order valence-electron chi connectivity index (χ0n) is 12.7. The van der Waals surface area contributed by atoms with Gasteiger partial charge in [0, 0.05) is 31.2 Å². The molecule has 0 radical (unpaired) electrons. The van der Waals surface area contributed by atoms with Crippen molar-refractivity contribution in [3.8, 4) is 0 Å². The highest BCUT2D eigenvalue weighted by atomic mass is 35.5. The fraction of sp³-hybridized carbons (Fsp3) is 0.733. The topological polar surface area (TPSA) is 38.1 Å². The van der Waals surface area contributed by atoms with Crippen LogP contribution < -0.4 is 0 Å². The van der Waals surface area contributed by atoms with Gasteiger partial charge in [0.2, 0.25) is 0 Å². The lowest BCUT2D eigenvalue weighted by Gasteiger charge is -2.34. The Bertz CT molecular complexity index is 478. The molecule has 0 aliphatic heterocycles. The number of amides is 1. The number of alkyl halides is 1. The van der Waals surface area contributed by atoms with E-state index in [9.17, 15) is 4.79 Å². The van der Waals surface area contributed by atoms with E-state index in [1.807, 2.05) is 25.8 Å². The summed E-state index contributed by atoms with van der Waals surface area (Å²) in [6.45, 7) is 4.48. The lowest BCUT2D eigenvalue weighted by Crippen LogP contribution is -2.43. The van der Waals surface area contributed by atoms with Gasteiger partial charge in [-0.2, -0.15) is 5.10 Å². The highest BCUT2D eigenvalue weighted by Crippen LogP contribution is 2.25. The van der Waals surface area contributed by atoms with Gasteiger partial charge in [0.15, 0.2) is 0 Å². The van der Waals surface area contributed by atoms with E-state index in [0.717, 1.165) is 29.8 Å². The van der Waals surface area contributed by atoms with Crippen LogP contribution in [0.4, 0.5) is 0 Å². The summed E-state index contributed by atoms with van der Waals surface area (Å²) in [6.07, 6.45) is 5.90. The Hall–Kier alpha value is -1.03. The summed E-state index contributed by atoms with van der Waals surface area (Å²) >= 11 is 5.92. The van der Waals surface area contributed by atoms with Crippen LogP contribution in [-0.4, -0.2) is 39.1 Å². The predicted molar refractivity (Wildman–Crippen MR) is 81.3 cm³/mol. The third-order valence-electron chi connectivity index (χ3n) is 4.32. The summed E-state index contributed by atoms with van der Waals surface area (Å²) in [5, 5.41) is 4.36. The normalized spacial score (nSPS) is 16.4. The van der Waals surface area contributed by atoms with Crippen molar-refractivity contribution in [2.75, 3.05) is 12.4 Å². The Kier molecular flexibility index (Phi) is 5.08. The molecule has 112 valence electrons. The van der Waals surface area contributed by atoms with Gasteiger partial charge in [0.05, 0.1) is 11.3 Å². The van der Waals surface area contributed by atoms with E-state index >= 15 is 0 Å². The monoisotopic (exact) mass is 297 g/mol. The van der Waals surface area contributed by atoms with Crippen LogP contribution in [0, 0.1) is 13.8 Å². The van der Waals surface area contributed by atoms with Crippen LogP contribution >= 0.6 is 11.6 Å². The fourth-order valence-electron chi connectivity index (χ4n) is 3.16. The number of hydrogen-bond acceptors (Lipinski definition) is 2. The van der Waals surface area contributed by atoms with E-state index in [0.29, 0.717) is 18.5 Å². The minimum atomic E-state index is 0.0978. The first kappa shape index (κ1) is 15.4. The third kappa shape index (κ3) is 3.00. The van der Waals surface area contributed by atoms with Gasteiger partial charge in [-0.25, -0.2) is 0 Å². The Balaban J connectivity index is 2.26. The molecular weight excluding hydrogens is 274 g/mol. The van der Waals surface area contributed by atoms with E-state index in [1.165, 1.54) is 19.3 Å². The van der Waals surface area contributed by atoms with E-state index in [2.05, 4.69) is 5.10 Å². The molecule has 0 aromatic carbocycles. The predicted octanol–water partition coefficient (Wildman–Crippen LogP) is 3.05. The van der Waals surface area contributed by atoms with E-state index < -0.39 is 0 Å². The van der Waals surface area contributed by atoms with Crippen molar-refractivity contribution in [2.45, 2.75) is 52.0 Å². The van der Waals surface area contributed by atoms with Gasteiger partial charge in [-0.15, -0.1) is 11.6 Å². The fourth-order valence-corrected chi connectivity index (χ4v) is 3.34. The minimum absolute atomic E-state index is 0.0978. The second-order valence-electron chi connectivity index (χ2n) is 5.65. The zero-order valence-corrected chi connectivity index (χ0v) is 13.4. The second kappa shape index (κ2) is 6.61. The van der Waals surface area contributed by atoms with Crippen molar-refractivity contribution in [3.63, 3.8) is 0 Å². The van der Waals surface area contributed by atoms with Crippen molar-refractivity contribution in [1.82, 2.24) is 14.7 Å². The molecule has 0 N–H and O–H groups in total. The summed E-state index contributed by atoms with van der Waals surface area (Å²) < 4.78 is 1.78. The van der Waals surface area contributed by atoms with Crippen LogP contribution in [0.1, 0.15) is 53.8 Å². The van der Waals surface area contributed by atoms with Crippen LogP contribution in [-0.2, 0) is 7.05 Å². The Morgan fingerprint density at radius 1 is 1.35 bits per heavy atom. The maximum atomic E-state index is 12.9. The molecule has 1 saturated carbocycles. The molecule has 0 unspecified atom stereocenters. The Labute approximate surface area is 126 Å². The van der Waals surface area contributed by atoms with Gasteiger partial charge in [0.25, 0.3) is 5.91 Å². The number of nitrogens with zero attached hydrogens (tertiary/aromatic N) is 3. The number of halogens is 1. The SMILES string of the molecule is Cc1nn(C)c(C)c1C(=O)N(CCCl)C1CCCCC1. The first-order valence-corrected chi connectivity index (χ1v) is 7.96. The Morgan fingerprint density at radius 2 is 2.00 bits per heavy atom. The summed E-state index contributed by atoms with van der Waals surface area (Å²) in [4.78, 5) is 14.9. The summed E-state index contributed by atoms with van der Waals surface area (Å²) in [6, 6.07) is 0.342. The van der Waals surface area contributed by atoms with Gasteiger partial charge in [-0.3, -0.25) is 9.48 Å². The molecule has 2 rings (SSSR count). The molecule has 4 nitrogen and oxygen atoms in total. The number of carbonyl (C=O) groups is 1. The maximum Gasteiger partial charge on any atom is 0.257 e. The van der Waals surface area contributed by atoms with Crippen molar-refractivity contribution >= 4 is 17.5 Å². The molecule has 1 heterocycles. The van der Waals surface area contributed by atoms with Crippen molar-refractivity contribution in [3.05, 3.63) is 17.0 Å². The zero-order chi connectivity index (χ0) is 14.7. The van der Waals surface area contributed by atoms with E-state index in [-0.39, 0.29) is 5.91 Å². The summed E-state index contributed by atoms with van der Waals surface area (Å²) in [7, 11) is 1.88. The lowest BCUT2D eigenvalue weighted by atomic mass is 9.93. The molecule has 1 amide bonds. The molecule has 1 fully saturated rings. The minimum Gasteiger partial charge on any atom is -0.334 e. The molecule has 0 bridgehead atoms. The number of carbonyl (C=O) groups excluding carboxylic acids is 1. The number of aryl methyl sites for hydroxylation is 2. The van der Waals surface area contributed by atoms with Crippen LogP contribution in [0.5, 0.6) is 0 Å². The summed E-state index contributed by atoms with van der Waals surface area (Å²) in [5.41, 5.74) is 2.50. The van der Waals surface area contributed by atoms with Crippen molar-refractivity contribution < 1.29 is 4.79 Å².